The van der Waals surface area contributed by atoms with E-state index in [1.165, 1.54) is 0 Å². The van der Waals surface area contributed by atoms with Crippen LogP contribution in [0.15, 0.2) is 40.9 Å². The molecule has 0 fully saturated rings. The van der Waals surface area contributed by atoms with Gasteiger partial charge in [-0.05, 0) is 25.1 Å². The van der Waals surface area contributed by atoms with Crippen LogP contribution in [0.3, 0.4) is 0 Å². The number of anilines is 1. The van der Waals surface area contributed by atoms with Crippen LogP contribution in [-0.4, -0.2) is 28.7 Å². The molecule has 4 rings (SSSR count). The number of ether oxygens (including phenoxy) is 2. The zero-order valence-electron chi connectivity index (χ0n) is 13.6. The lowest BCUT2D eigenvalue weighted by Crippen LogP contribution is -2.19. The molecule has 2 heterocycles. The molecule has 1 N–H and O–H groups in total. The standard InChI is InChI=1S/C18H16BrN3O3/c1-11-20-14-8-16-17(25-6-5-24-16)9-15(14)22(11)10-18(23)21-13-4-2-3-12(19)7-13/h2-4,7-9H,5-6,10H2,1H3,(H,21,23). The summed E-state index contributed by atoms with van der Waals surface area (Å²) in [5.74, 6) is 2.03. The van der Waals surface area contributed by atoms with Crippen molar-refractivity contribution in [2.24, 2.45) is 0 Å². The molecular weight excluding hydrogens is 386 g/mol. The molecule has 0 saturated carbocycles. The zero-order chi connectivity index (χ0) is 17.4. The summed E-state index contributed by atoms with van der Waals surface area (Å²) in [6, 6.07) is 11.2. The molecule has 7 heteroatoms. The summed E-state index contributed by atoms with van der Waals surface area (Å²) in [5, 5.41) is 2.90. The fraction of sp³-hybridized carbons (Fsp3) is 0.222. The molecule has 2 aromatic carbocycles. The van der Waals surface area contributed by atoms with E-state index in [2.05, 4.69) is 26.2 Å². The summed E-state index contributed by atoms with van der Waals surface area (Å²) in [6.07, 6.45) is 0. The molecular formula is C18H16BrN3O3. The number of carbonyl (C=O) groups is 1. The van der Waals surface area contributed by atoms with Crippen LogP contribution in [0.5, 0.6) is 11.5 Å². The van der Waals surface area contributed by atoms with Gasteiger partial charge in [-0.15, -0.1) is 0 Å². The van der Waals surface area contributed by atoms with Crippen molar-refractivity contribution >= 4 is 38.6 Å². The summed E-state index contributed by atoms with van der Waals surface area (Å²) in [4.78, 5) is 17.0. The van der Waals surface area contributed by atoms with Crippen molar-refractivity contribution in [3.63, 3.8) is 0 Å². The Bertz CT molecular complexity index is 968. The molecule has 0 spiro atoms. The van der Waals surface area contributed by atoms with Crippen LogP contribution in [0, 0.1) is 6.92 Å². The van der Waals surface area contributed by atoms with Crippen LogP contribution in [0.2, 0.25) is 0 Å². The largest absolute Gasteiger partial charge is 0.486 e. The summed E-state index contributed by atoms with van der Waals surface area (Å²) < 4.78 is 14.0. The highest BCUT2D eigenvalue weighted by Crippen LogP contribution is 2.34. The fourth-order valence-electron chi connectivity index (χ4n) is 2.89. The van der Waals surface area contributed by atoms with Crippen molar-refractivity contribution in [2.45, 2.75) is 13.5 Å². The predicted octanol–water partition coefficient (Wildman–Crippen LogP) is 3.52. The average Bonchev–Trinajstić information content (AvgIpc) is 2.87. The molecule has 0 atom stereocenters. The third-order valence-electron chi connectivity index (χ3n) is 4.01. The molecule has 3 aromatic rings. The minimum Gasteiger partial charge on any atom is -0.486 e. The van der Waals surface area contributed by atoms with Crippen molar-refractivity contribution in [3.05, 3.63) is 46.7 Å². The minimum atomic E-state index is -0.115. The second-order valence-electron chi connectivity index (χ2n) is 5.79. The molecule has 0 aliphatic carbocycles. The number of nitrogens with one attached hydrogen (secondary N) is 1. The first kappa shape index (κ1) is 16.0. The molecule has 128 valence electrons. The second kappa shape index (κ2) is 6.40. The van der Waals surface area contributed by atoms with Gasteiger partial charge in [-0.1, -0.05) is 22.0 Å². The number of carbonyl (C=O) groups excluding carboxylic acids is 1. The Morgan fingerprint density at radius 2 is 2.00 bits per heavy atom. The summed E-state index contributed by atoms with van der Waals surface area (Å²) in [6.45, 7) is 3.11. The van der Waals surface area contributed by atoms with Crippen molar-refractivity contribution < 1.29 is 14.3 Å². The number of amides is 1. The number of nitrogens with zero attached hydrogens (tertiary/aromatic N) is 2. The van der Waals surface area contributed by atoms with Gasteiger partial charge < -0.3 is 19.4 Å². The highest BCUT2D eigenvalue weighted by atomic mass is 79.9. The molecule has 0 bridgehead atoms. The second-order valence-corrected chi connectivity index (χ2v) is 6.70. The van der Waals surface area contributed by atoms with Crippen LogP contribution in [0.25, 0.3) is 11.0 Å². The van der Waals surface area contributed by atoms with Gasteiger partial charge in [-0.25, -0.2) is 4.98 Å². The Labute approximate surface area is 152 Å². The quantitative estimate of drug-likeness (QED) is 0.728. The first-order chi connectivity index (χ1) is 12.1. The Kier molecular flexibility index (Phi) is 4.09. The topological polar surface area (TPSA) is 65.4 Å². The fourth-order valence-corrected chi connectivity index (χ4v) is 3.29. The van der Waals surface area contributed by atoms with E-state index in [4.69, 9.17) is 9.47 Å². The normalized spacial score (nSPS) is 13.0. The maximum Gasteiger partial charge on any atom is 0.244 e. The molecule has 0 unspecified atom stereocenters. The van der Waals surface area contributed by atoms with E-state index in [0.29, 0.717) is 24.7 Å². The number of aromatic nitrogens is 2. The van der Waals surface area contributed by atoms with Crippen LogP contribution < -0.4 is 14.8 Å². The SMILES string of the molecule is Cc1nc2cc3c(cc2n1CC(=O)Nc1cccc(Br)c1)OCCO3. The van der Waals surface area contributed by atoms with E-state index < -0.39 is 0 Å². The third kappa shape index (κ3) is 3.19. The van der Waals surface area contributed by atoms with Gasteiger partial charge in [-0.2, -0.15) is 0 Å². The van der Waals surface area contributed by atoms with Crippen molar-refractivity contribution in [1.82, 2.24) is 9.55 Å². The molecule has 1 aliphatic heterocycles. The number of imidazole rings is 1. The number of fused-ring (bicyclic) bond motifs is 2. The summed E-state index contributed by atoms with van der Waals surface area (Å²) in [5.41, 5.74) is 2.39. The number of benzene rings is 2. The van der Waals surface area contributed by atoms with E-state index in [1.54, 1.807) is 0 Å². The number of hydrogen-bond acceptors (Lipinski definition) is 4. The van der Waals surface area contributed by atoms with Gasteiger partial charge in [0, 0.05) is 22.3 Å². The highest BCUT2D eigenvalue weighted by Gasteiger charge is 2.18. The summed E-state index contributed by atoms with van der Waals surface area (Å²) in [7, 11) is 0. The van der Waals surface area contributed by atoms with Crippen molar-refractivity contribution in [2.75, 3.05) is 18.5 Å². The maximum absolute atomic E-state index is 12.4. The van der Waals surface area contributed by atoms with Crippen molar-refractivity contribution in [3.8, 4) is 11.5 Å². The minimum absolute atomic E-state index is 0.115. The van der Waals surface area contributed by atoms with Gasteiger partial charge in [-0.3, -0.25) is 4.79 Å². The first-order valence-corrected chi connectivity index (χ1v) is 8.71. The summed E-state index contributed by atoms with van der Waals surface area (Å²) >= 11 is 3.40. The maximum atomic E-state index is 12.4. The number of aryl methyl sites for hydroxylation is 1. The van der Waals surface area contributed by atoms with Crippen LogP contribution in [0.4, 0.5) is 5.69 Å². The van der Waals surface area contributed by atoms with Gasteiger partial charge in [0.25, 0.3) is 0 Å². The molecule has 1 aromatic heterocycles. The van der Waals surface area contributed by atoms with Gasteiger partial charge in [0.2, 0.25) is 5.91 Å². The molecule has 0 radical (unpaired) electrons. The molecule has 1 amide bonds. The van der Waals surface area contributed by atoms with E-state index in [0.717, 1.165) is 27.0 Å². The highest BCUT2D eigenvalue weighted by molar-refractivity contribution is 9.10. The Morgan fingerprint density at radius 3 is 2.76 bits per heavy atom. The average molecular weight is 402 g/mol. The molecule has 1 aliphatic rings. The molecule has 6 nitrogen and oxygen atoms in total. The van der Waals surface area contributed by atoms with Crippen LogP contribution in [-0.2, 0) is 11.3 Å². The first-order valence-electron chi connectivity index (χ1n) is 7.92. The van der Waals surface area contributed by atoms with Gasteiger partial charge in [0.1, 0.15) is 25.6 Å². The monoisotopic (exact) mass is 401 g/mol. The van der Waals surface area contributed by atoms with Gasteiger partial charge in [0.05, 0.1) is 11.0 Å². The zero-order valence-corrected chi connectivity index (χ0v) is 15.2. The Hall–Kier alpha value is -2.54. The van der Waals surface area contributed by atoms with Crippen molar-refractivity contribution in [1.29, 1.82) is 0 Å². The molecule has 0 saturated heterocycles. The number of hydrogen-bond donors (Lipinski definition) is 1. The number of halogens is 1. The van der Waals surface area contributed by atoms with Gasteiger partial charge >= 0.3 is 0 Å². The lowest BCUT2D eigenvalue weighted by Gasteiger charge is -2.18. The lowest BCUT2D eigenvalue weighted by atomic mass is 10.2. The molecule has 25 heavy (non-hydrogen) atoms. The smallest absolute Gasteiger partial charge is 0.244 e. The van der Waals surface area contributed by atoms with E-state index in [9.17, 15) is 4.79 Å². The van der Waals surface area contributed by atoms with Crippen LogP contribution >= 0.6 is 15.9 Å². The van der Waals surface area contributed by atoms with Gasteiger partial charge in [0.15, 0.2) is 11.5 Å². The third-order valence-corrected chi connectivity index (χ3v) is 4.51. The predicted molar refractivity (Wildman–Crippen MR) is 98.2 cm³/mol. The van der Waals surface area contributed by atoms with E-state index in [-0.39, 0.29) is 12.5 Å². The Balaban J connectivity index is 1.62. The Morgan fingerprint density at radius 1 is 1.24 bits per heavy atom. The van der Waals surface area contributed by atoms with E-state index >= 15 is 0 Å². The van der Waals surface area contributed by atoms with Crippen LogP contribution in [0.1, 0.15) is 5.82 Å². The number of rotatable bonds is 3. The lowest BCUT2D eigenvalue weighted by molar-refractivity contribution is -0.116. The van der Waals surface area contributed by atoms with E-state index in [1.807, 2.05) is 47.9 Å².